The number of hydrogen-bond donors (Lipinski definition) is 1. The number of nitrogens with one attached hydrogen (secondary N) is 1. The van der Waals surface area contributed by atoms with E-state index in [0.29, 0.717) is 34.4 Å². The molecular formula is C24H19ClN2O3. The highest BCUT2D eigenvalue weighted by molar-refractivity contribution is 6.34. The van der Waals surface area contributed by atoms with Gasteiger partial charge in [0.2, 0.25) is 0 Å². The largest absolute Gasteiger partial charge is 0.493 e. The molecule has 0 atom stereocenters. The molecule has 1 N–H and O–H groups in total. The summed E-state index contributed by atoms with van der Waals surface area (Å²) in [6.45, 7) is 0.364. The normalized spacial score (nSPS) is 10.8. The fourth-order valence-corrected chi connectivity index (χ4v) is 2.88. The first kappa shape index (κ1) is 21.0. The zero-order chi connectivity index (χ0) is 21.3. The van der Waals surface area contributed by atoms with Crippen LogP contribution >= 0.6 is 11.6 Å². The highest BCUT2D eigenvalue weighted by Crippen LogP contribution is 2.30. The second-order valence-electron chi connectivity index (χ2n) is 6.29. The second kappa shape index (κ2) is 10.1. The number of hydrogen-bond acceptors (Lipinski definition) is 4. The molecule has 0 saturated heterocycles. The van der Waals surface area contributed by atoms with E-state index in [9.17, 15) is 10.1 Å². The van der Waals surface area contributed by atoms with Gasteiger partial charge in [0.05, 0.1) is 17.8 Å². The molecule has 5 nitrogen and oxygen atoms in total. The lowest BCUT2D eigenvalue weighted by atomic mass is 10.1. The lowest BCUT2D eigenvalue weighted by molar-refractivity contribution is -0.112. The second-order valence-corrected chi connectivity index (χ2v) is 6.70. The van der Waals surface area contributed by atoms with Crippen LogP contribution in [-0.2, 0) is 11.4 Å². The molecule has 0 saturated carbocycles. The molecule has 0 aliphatic carbocycles. The highest BCUT2D eigenvalue weighted by Gasteiger charge is 2.12. The number of nitriles is 1. The van der Waals surface area contributed by atoms with Gasteiger partial charge in [-0.3, -0.25) is 4.79 Å². The summed E-state index contributed by atoms with van der Waals surface area (Å²) >= 11 is 6.07. The Morgan fingerprint density at radius 3 is 2.50 bits per heavy atom. The molecule has 0 aliphatic heterocycles. The van der Waals surface area contributed by atoms with Gasteiger partial charge in [-0.25, -0.2) is 0 Å². The van der Waals surface area contributed by atoms with Gasteiger partial charge in [-0.2, -0.15) is 5.26 Å². The van der Waals surface area contributed by atoms with Crippen molar-refractivity contribution in [3.8, 4) is 17.6 Å². The van der Waals surface area contributed by atoms with E-state index in [0.717, 1.165) is 5.56 Å². The van der Waals surface area contributed by atoms with E-state index in [1.54, 1.807) is 49.6 Å². The van der Waals surface area contributed by atoms with E-state index in [1.165, 1.54) is 6.08 Å². The maximum atomic E-state index is 12.5. The van der Waals surface area contributed by atoms with Crippen LogP contribution in [0.1, 0.15) is 11.1 Å². The monoisotopic (exact) mass is 418 g/mol. The van der Waals surface area contributed by atoms with Crippen molar-refractivity contribution in [1.29, 1.82) is 5.26 Å². The van der Waals surface area contributed by atoms with Crippen LogP contribution in [0, 0.1) is 11.3 Å². The average Bonchev–Trinajstić information content (AvgIpc) is 2.78. The number of nitrogens with zero attached hydrogens (tertiary/aromatic N) is 1. The van der Waals surface area contributed by atoms with Crippen molar-refractivity contribution < 1.29 is 14.3 Å². The molecule has 0 aromatic heterocycles. The summed E-state index contributed by atoms with van der Waals surface area (Å²) < 4.78 is 11.2. The van der Waals surface area contributed by atoms with Crippen LogP contribution in [0.25, 0.3) is 6.08 Å². The van der Waals surface area contributed by atoms with Gasteiger partial charge < -0.3 is 14.8 Å². The number of carbonyl (C=O) groups excluding carboxylic acids is 1. The molecule has 3 rings (SSSR count). The van der Waals surface area contributed by atoms with Crippen molar-refractivity contribution in [2.45, 2.75) is 6.61 Å². The average molecular weight is 419 g/mol. The first-order chi connectivity index (χ1) is 14.6. The Hall–Kier alpha value is -3.75. The quantitative estimate of drug-likeness (QED) is 0.407. The minimum atomic E-state index is -0.548. The molecule has 150 valence electrons. The van der Waals surface area contributed by atoms with Crippen molar-refractivity contribution >= 4 is 29.3 Å². The molecule has 6 heteroatoms. The minimum Gasteiger partial charge on any atom is -0.493 e. The zero-order valence-electron chi connectivity index (χ0n) is 16.3. The van der Waals surface area contributed by atoms with Gasteiger partial charge in [-0.15, -0.1) is 0 Å². The van der Waals surface area contributed by atoms with Crippen LogP contribution in [0.3, 0.4) is 0 Å². The first-order valence-electron chi connectivity index (χ1n) is 9.13. The number of anilines is 1. The summed E-state index contributed by atoms with van der Waals surface area (Å²) in [6.07, 6.45) is 1.49. The lowest BCUT2D eigenvalue weighted by Crippen LogP contribution is -2.13. The van der Waals surface area contributed by atoms with Crippen molar-refractivity contribution in [2.24, 2.45) is 0 Å². The standard InChI is InChI=1S/C24H19ClN2O3/c1-29-22-12-11-18(14-23(22)30-16-17-7-3-2-4-8-17)13-19(15-26)24(28)27-21-10-6-5-9-20(21)25/h2-14H,16H2,1H3,(H,27,28)/b19-13+. The first-order valence-corrected chi connectivity index (χ1v) is 9.51. The van der Waals surface area contributed by atoms with Gasteiger partial charge in [-0.05, 0) is 41.5 Å². The number of methoxy groups -OCH3 is 1. The van der Waals surface area contributed by atoms with Gasteiger partial charge >= 0.3 is 0 Å². The van der Waals surface area contributed by atoms with Crippen molar-refractivity contribution in [3.63, 3.8) is 0 Å². The Morgan fingerprint density at radius 1 is 1.07 bits per heavy atom. The summed E-state index contributed by atoms with van der Waals surface area (Å²) in [7, 11) is 1.55. The SMILES string of the molecule is COc1ccc(/C=C(\C#N)C(=O)Nc2ccccc2Cl)cc1OCc1ccccc1. The lowest BCUT2D eigenvalue weighted by Gasteiger charge is -2.12. The van der Waals surface area contributed by atoms with Crippen LogP contribution < -0.4 is 14.8 Å². The van der Waals surface area contributed by atoms with Crippen LogP contribution in [0.2, 0.25) is 5.02 Å². The number of para-hydroxylation sites is 1. The number of ether oxygens (including phenoxy) is 2. The van der Waals surface area contributed by atoms with Gasteiger partial charge in [0, 0.05) is 0 Å². The summed E-state index contributed by atoms with van der Waals surface area (Å²) in [6, 6.07) is 23.7. The highest BCUT2D eigenvalue weighted by atomic mass is 35.5. The fourth-order valence-electron chi connectivity index (χ4n) is 2.70. The van der Waals surface area contributed by atoms with Crippen LogP contribution in [-0.4, -0.2) is 13.0 Å². The number of carbonyl (C=O) groups is 1. The van der Waals surface area contributed by atoms with Crippen LogP contribution in [0.15, 0.2) is 78.4 Å². The molecule has 3 aromatic carbocycles. The molecule has 0 heterocycles. The molecule has 3 aromatic rings. The molecular weight excluding hydrogens is 400 g/mol. The van der Waals surface area contributed by atoms with E-state index < -0.39 is 5.91 Å². The fraction of sp³-hybridized carbons (Fsp3) is 0.0833. The Bertz CT molecular complexity index is 1100. The Balaban J connectivity index is 1.81. The van der Waals surface area contributed by atoms with Gasteiger partial charge in [-0.1, -0.05) is 60.1 Å². The molecule has 1 amide bonds. The number of rotatable bonds is 7. The molecule has 0 aliphatic rings. The third-order valence-corrected chi connectivity index (χ3v) is 4.55. The van der Waals surface area contributed by atoms with Crippen LogP contribution in [0.4, 0.5) is 5.69 Å². The third kappa shape index (κ3) is 5.40. The van der Waals surface area contributed by atoms with Gasteiger partial charge in [0.15, 0.2) is 11.5 Å². The minimum absolute atomic E-state index is 0.0610. The van der Waals surface area contributed by atoms with Gasteiger partial charge in [0.1, 0.15) is 18.2 Å². The zero-order valence-corrected chi connectivity index (χ0v) is 17.0. The molecule has 0 radical (unpaired) electrons. The Labute approximate surface area is 180 Å². The maximum Gasteiger partial charge on any atom is 0.266 e. The predicted octanol–water partition coefficient (Wildman–Crippen LogP) is 5.47. The Kier molecular flexibility index (Phi) is 7.09. The van der Waals surface area contributed by atoms with Gasteiger partial charge in [0.25, 0.3) is 5.91 Å². The number of halogens is 1. The van der Waals surface area contributed by atoms with Crippen molar-refractivity contribution in [1.82, 2.24) is 0 Å². The summed E-state index contributed by atoms with van der Waals surface area (Å²) in [5.41, 5.74) is 2.02. The van der Waals surface area contributed by atoms with E-state index in [1.807, 2.05) is 36.4 Å². The molecule has 0 fully saturated rings. The van der Waals surface area contributed by atoms with Crippen LogP contribution in [0.5, 0.6) is 11.5 Å². The molecule has 0 unspecified atom stereocenters. The van der Waals surface area contributed by atoms with Crippen molar-refractivity contribution in [2.75, 3.05) is 12.4 Å². The third-order valence-electron chi connectivity index (χ3n) is 4.22. The number of benzene rings is 3. The summed E-state index contributed by atoms with van der Waals surface area (Å²) in [4.78, 5) is 12.5. The van der Waals surface area contributed by atoms with E-state index in [2.05, 4.69) is 5.32 Å². The molecule has 0 spiro atoms. The van der Waals surface area contributed by atoms with E-state index >= 15 is 0 Å². The van der Waals surface area contributed by atoms with E-state index in [4.69, 9.17) is 21.1 Å². The van der Waals surface area contributed by atoms with Crippen molar-refractivity contribution in [3.05, 3.63) is 94.5 Å². The maximum absolute atomic E-state index is 12.5. The number of amides is 1. The Morgan fingerprint density at radius 2 is 1.80 bits per heavy atom. The summed E-state index contributed by atoms with van der Waals surface area (Å²) in [5, 5.41) is 12.5. The molecule has 0 bridgehead atoms. The summed E-state index contributed by atoms with van der Waals surface area (Å²) in [5.74, 6) is 0.522. The smallest absolute Gasteiger partial charge is 0.266 e. The van der Waals surface area contributed by atoms with E-state index in [-0.39, 0.29) is 5.57 Å². The topological polar surface area (TPSA) is 71.3 Å². The molecule has 30 heavy (non-hydrogen) atoms. The predicted molar refractivity (Wildman–Crippen MR) is 117 cm³/mol.